The van der Waals surface area contributed by atoms with Gasteiger partial charge < -0.3 is 25.6 Å². The molecule has 13 nitrogen and oxygen atoms in total. The zero-order chi connectivity index (χ0) is 41.4. The summed E-state index contributed by atoms with van der Waals surface area (Å²) in [6.45, 7) is 3.58. The summed E-state index contributed by atoms with van der Waals surface area (Å²) in [7, 11) is 2.00. The Bertz CT molecular complexity index is 2130. The third kappa shape index (κ3) is 10.5. The number of piperidine rings is 1. The third-order valence-corrected chi connectivity index (χ3v) is 12.8. The number of nitrogens with zero attached hydrogens (tertiary/aromatic N) is 5. The zero-order valence-corrected chi connectivity index (χ0v) is 35.4. The molecule has 1 saturated heterocycles. The molecule has 0 bridgehead atoms. The lowest BCUT2D eigenvalue weighted by Crippen LogP contribution is -2.52. The van der Waals surface area contributed by atoms with E-state index in [1.165, 1.54) is 56.2 Å². The van der Waals surface area contributed by atoms with Gasteiger partial charge >= 0.3 is 0 Å². The fourth-order valence-corrected chi connectivity index (χ4v) is 8.99. The van der Waals surface area contributed by atoms with Crippen LogP contribution in [-0.4, -0.2) is 73.6 Å². The Kier molecular flexibility index (Phi) is 13.7. The van der Waals surface area contributed by atoms with Gasteiger partial charge in [0.2, 0.25) is 17.8 Å². The topological polar surface area (TPSA) is 155 Å². The molecule has 2 aliphatic heterocycles. The van der Waals surface area contributed by atoms with E-state index in [1.54, 1.807) is 17.2 Å². The van der Waals surface area contributed by atoms with Gasteiger partial charge in [-0.25, -0.2) is 9.97 Å². The van der Waals surface area contributed by atoms with Gasteiger partial charge in [-0.1, -0.05) is 61.2 Å². The number of benzene rings is 2. The molecule has 2 aromatic carbocycles. The predicted octanol–water partition coefficient (Wildman–Crippen LogP) is 6.88. The van der Waals surface area contributed by atoms with Gasteiger partial charge in [0.25, 0.3) is 5.91 Å². The molecule has 0 unspecified atom stereocenters. The van der Waals surface area contributed by atoms with Crippen molar-refractivity contribution in [2.75, 3.05) is 18.4 Å². The molecular formula is C46H58ClN9O4. The fourth-order valence-electron chi connectivity index (χ4n) is 8.80. The molecule has 60 heavy (non-hydrogen) atoms. The van der Waals surface area contributed by atoms with Gasteiger partial charge in [-0.05, 0) is 106 Å². The van der Waals surface area contributed by atoms with E-state index in [0.29, 0.717) is 53.9 Å². The summed E-state index contributed by atoms with van der Waals surface area (Å²) in [6, 6.07) is 14.2. The van der Waals surface area contributed by atoms with Gasteiger partial charge in [0.15, 0.2) is 0 Å². The molecule has 1 atom stereocenters. The number of carbonyl (C=O) groups is 3. The van der Waals surface area contributed by atoms with Crippen LogP contribution < -0.4 is 26.0 Å². The lowest BCUT2D eigenvalue weighted by Gasteiger charge is -2.30. The van der Waals surface area contributed by atoms with E-state index in [4.69, 9.17) is 21.3 Å². The monoisotopic (exact) mass is 835 g/mol. The number of amides is 3. The number of aryl methyl sites for hydroxylation is 1. The molecule has 3 amide bonds. The summed E-state index contributed by atoms with van der Waals surface area (Å²) in [5.41, 5.74) is 6.60. The van der Waals surface area contributed by atoms with Crippen LogP contribution in [0.4, 0.5) is 5.95 Å². The van der Waals surface area contributed by atoms with E-state index in [1.807, 2.05) is 30.1 Å². The first-order chi connectivity index (χ1) is 29.3. The average molecular weight is 836 g/mol. The summed E-state index contributed by atoms with van der Waals surface area (Å²) in [5, 5.41) is 18.4. The number of aromatic nitrogens is 4. The molecule has 2 saturated carbocycles. The SMILES string of the molecule is Cn1ncc(-c2nc(NC3CCC(NCCCCCCCNCc4ccc(COc5cccc6c5CN([C@H]5CCC(=O)NC5=O)C6=O)cc4)CC3)ncc2Cl)c1CC1CC1. The van der Waals surface area contributed by atoms with Crippen molar-refractivity contribution in [2.45, 2.75) is 128 Å². The number of nitrogens with one attached hydrogen (secondary N) is 4. The smallest absolute Gasteiger partial charge is 0.255 e. The molecule has 318 valence electrons. The Morgan fingerprint density at radius 2 is 1.60 bits per heavy atom. The number of ether oxygens (including phenoxy) is 1. The number of hydrogen-bond acceptors (Lipinski definition) is 10. The fraction of sp³-hybridized carbons (Fsp3) is 0.522. The van der Waals surface area contributed by atoms with Crippen molar-refractivity contribution in [3.8, 4) is 17.0 Å². The molecule has 2 aliphatic carbocycles. The summed E-state index contributed by atoms with van der Waals surface area (Å²) in [5.74, 6) is 1.13. The van der Waals surface area contributed by atoms with E-state index in [9.17, 15) is 14.4 Å². The highest BCUT2D eigenvalue weighted by atomic mass is 35.5. The molecule has 14 heteroatoms. The van der Waals surface area contributed by atoms with Crippen LogP contribution in [0.25, 0.3) is 11.3 Å². The van der Waals surface area contributed by atoms with Gasteiger partial charge in [-0.3, -0.25) is 24.4 Å². The normalized spacial score (nSPS) is 20.3. The largest absolute Gasteiger partial charge is 0.489 e. The summed E-state index contributed by atoms with van der Waals surface area (Å²) in [6.07, 6.45) is 18.4. The third-order valence-electron chi connectivity index (χ3n) is 12.5. The van der Waals surface area contributed by atoms with Crippen molar-refractivity contribution in [3.63, 3.8) is 0 Å². The molecule has 4 heterocycles. The lowest BCUT2D eigenvalue weighted by atomic mass is 9.91. The van der Waals surface area contributed by atoms with Crippen LogP contribution in [0.2, 0.25) is 5.02 Å². The first-order valence-electron chi connectivity index (χ1n) is 22.0. The van der Waals surface area contributed by atoms with Crippen LogP contribution in [0, 0.1) is 5.92 Å². The minimum Gasteiger partial charge on any atom is -0.489 e. The molecule has 0 radical (unpaired) electrons. The molecule has 0 spiro atoms. The highest BCUT2D eigenvalue weighted by Crippen LogP contribution is 2.37. The highest BCUT2D eigenvalue weighted by Gasteiger charge is 2.40. The summed E-state index contributed by atoms with van der Waals surface area (Å²) in [4.78, 5) is 48.1. The summed E-state index contributed by atoms with van der Waals surface area (Å²) < 4.78 is 8.14. The van der Waals surface area contributed by atoms with Crippen LogP contribution in [-0.2, 0) is 42.8 Å². The molecule has 2 aromatic heterocycles. The van der Waals surface area contributed by atoms with Gasteiger partial charge in [-0.2, -0.15) is 5.10 Å². The van der Waals surface area contributed by atoms with Gasteiger partial charge in [0, 0.05) is 54.5 Å². The average Bonchev–Trinajstić information content (AvgIpc) is 3.92. The van der Waals surface area contributed by atoms with Crippen LogP contribution in [0.15, 0.2) is 54.9 Å². The van der Waals surface area contributed by atoms with Gasteiger partial charge in [-0.15, -0.1) is 0 Å². The Morgan fingerprint density at radius 1 is 0.850 bits per heavy atom. The van der Waals surface area contributed by atoms with E-state index < -0.39 is 11.9 Å². The number of fused-ring (bicyclic) bond motifs is 1. The lowest BCUT2D eigenvalue weighted by molar-refractivity contribution is -0.136. The van der Waals surface area contributed by atoms with Crippen molar-refractivity contribution in [3.05, 3.63) is 87.8 Å². The predicted molar refractivity (Wildman–Crippen MR) is 231 cm³/mol. The second-order valence-corrected chi connectivity index (χ2v) is 17.5. The Labute approximate surface area is 357 Å². The second kappa shape index (κ2) is 19.7. The number of halogens is 1. The first-order valence-corrected chi connectivity index (χ1v) is 22.4. The van der Waals surface area contributed by atoms with Crippen molar-refractivity contribution < 1.29 is 19.1 Å². The number of unbranched alkanes of at least 4 members (excludes halogenated alkanes) is 4. The molecule has 4 aromatic rings. The zero-order valence-electron chi connectivity index (χ0n) is 34.7. The minimum atomic E-state index is -0.645. The maximum atomic E-state index is 13.1. The number of rotatable bonds is 20. The number of anilines is 1. The van der Waals surface area contributed by atoms with Crippen LogP contribution in [0.3, 0.4) is 0 Å². The Hall–Kier alpha value is -4.85. The Morgan fingerprint density at radius 3 is 2.38 bits per heavy atom. The quantitative estimate of drug-likeness (QED) is 0.0548. The summed E-state index contributed by atoms with van der Waals surface area (Å²) >= 11 is 6.59. The second-order valence-electron chi connectivity index (χ2n) is 17.0. The van der Waals surface area contributed by atoms with Crippen LogP contribution >= 0.6 is 11.6 Å². The van der Waals surface area contributed by atoms with Crippen molar-refractivity contribution in [1.29, 1.82) is 0 Å². The van der Waals surface area contributed by atoms with E-state index in [0.717, 1.165) is 80.0 Å². The number of imide groups is 1. The highest BCUT2D eigenvalue weighted by molar-refractivity contribution is 6.33. The van der Waals surface area contributed by atoms with E-state index in [2.05, 4.69) is 55.6 Å². The van der Waals surface area contributed by atoms with Crippen LogP contribution in [0.5, 0.6) is 5.75 Å². The molecular weight excluding hydrogens is 778 g/mol. The minimum absolute atomic E-state index is 0.200. The van der Waals surface area contributed by atoms with Crippen molar-refractivity contribution >= 4 is 35.3 Å². The number of carbonyl (C=O) groups excluding carboxylic acids is 3. The maximum Gasteiger partial charge on any atom is 0.255 e. The van der Waals surface area contributed by atoms with E-state index in [-0.39, 0.29) is 18.2 Å². The standard InChI is InChI=1S/C46H58ClN9O4/c1-55-40(24-30-10-11-30)36(26-51-55)43-38(47)27-50-46(54-43)52-34-18-16-33(17-19-34)49-23-6-4-2-3-5-22-48-25-31-12-14-32(15-13-31)29-60-41-9-7-8-35-37(41)28-56(45(35)59)39-20-21-42(57)53-44(39)58/h7-9,12-15,26-27,30,33-34,39,48-49H,2-6,10-11,16-25,28-29H2,1H3,(H,50,52,54)(H,53,57,58)/t33?,34?,39-/m0/s1. The maximum absolute atomic E-state index is 13.1. The number of hydrogen-bond donors (Lipinski definition) is 4. The van der Waals surface area contributed by atoms with Crippen molar-refractivity contribution in [1.82, 2.24) is 40.6 Å². The molecule has 4 aliphatic rings. The molecule has 4 N–H and O–H groups in total. The van der Waals surface area contributed by atoms with Gasteiger partial charge in [0.1, 0.15) is 18.4 Å². The molecule has 3 fully saturated rings. The first kappa shape index (κ1) is 41.9. The molecule has 8 rings (SSSR count). The van der Waals surface area contributed by atoms with Gasteiger partial charge in [0.05, 0.1) is 29.7 Å². The van der Waals surface area contributed by atoms with E-state index >= 15 is 0 Å². The Balaban J connectivity index is 0.660. The van der Waals surface area contributed by atoms with Crippen LogP contribution in [0.1, 0.15) is 116 Å². The van der Waals surface area contributed by atoms with Crippen molar-refractivity contribution in [2.24, 2.45) is 13.0 Å².